The smallest absolute Gasteiger partial charge is 0.288 e. The van der Waals surface area contributed by atoms with E-state index in [0.29, 0.717) is 32.6 Å². The Bertz CT molecular complexity index is 922. The van der Waals surface area contributed by atoms with Gasteiger partial charge in [0.1, 0.15) is 11.4 Å². The number of thioether (sulfide) groups is 1. The molecule has 2 heterocycles. The zero-order valence-corrected chi connectivity index (χ0v) is 13.7. The normalized spacial score (nSPS) is 11.1. The Morgan fingerprint density at radius 1 is 1.29 bits per heavy atom. The topological polar surface area (TPSA) is 64.0 Å². The highest BCUT2D eigenvalue weighted by atomic mass is 32.2. The van der Waals surface area contributed by atoms with Gasteiger partial charge in [0.15, 0.2) is 0 Å². The van der Waals surface area contributed by atoms with E-state index in [2.05, 4.69) is 10.3 Å². The van der Waals surface area contributed by atoms with Crippen LogP contribution >= 0.6 is 23.1 Å². The number of nitrogens with zero attached hydrogens (tertiary/aromatic N) is 2. The van der Waals surface area contributed by atoms with Gasteiger partial charge in [0.05, 0.1) is 11.7 Å². The summed E-state index contributed by atoms with van der Waals surface area (Å²) >= 11 is 1.79. The van der Waals surface area contributed by atoms with Gasteiger partial charge < -0.3 is 5.32 Å². The molecule has 0 fully saturated rings. The van der Waals surface area contributed by atoms with E-state index in [4.69, 9.17) is 0 Å². The zero-order chi connectivity index (χ0) is 17.1. The highest BCUT2D eigenvalue weighted by Crippen LogP contribution is 2.26. The van der Waals surface area contributed by atoms with Crippen LogP contribution < -0.4 is 10.9 Å². The molecule has 9 heteroatoms. The maximum atomic E-state index is 12.3. The number of hydrogen-bond donors (Lipinski definition) is 1. The van der Waals surface area contributed by atoms with Gasteiger partial charge in [-0.3, -0.25) is 14.2 Å². The molecule has 0 aliphatic carbocycles. The summed E-state index contributed by atoms with van der Waals surface area (Å²) in [5, 5.41) is 4.86. The number of aromatic nitrogens is 2. The molecule has 0 bridgehead atoms. The molecule has 0 aliphatic heterocycles. The van der Waals surface area contributed by atoms with Gasteiger partial charge in [0, 0.05) is 10.6 Å². The minimum Gasteiger partial charge on any atom is -0.325 e. The van der Waals surface area contributed by atoms with Crippen molar-refractivity contribution in [2.24, 2.45) is 0 Å². The number of alkyl halides is 2. The molecular formula is C15H11F2N3O2S2. The maximum absolute atomic E-state index is 12.3. The van der Waals surface area contributed by atoms with E-state index in [9.17, 15) is 18.4 Å². The summed E-state index contributed by atoms with van der Waals surface area (Å²) in [4.78, 5) is 29.4. The molecule has 1 aromatic carbocycles. The molecule has 124 valence electrons. The summed E-state index contributed by atoms with van der Waals surface area (Å²) in [5.74, 6) is -2.89. The summed E-state index contributed by atoms with van der Waals surface area (Å²) in [7, 11) is 0. The van der Waals surface area contributed by atoms with Gasteiger partial charge in [-0.2, -0.15) is 8.78 Å². The second kappa shape index (κ2) is 7.10. The quantitative estimate of drug-likeness (QED) is 0.702. The standard InChI is InChI=1S/C15H11F2N3O2S2/c16-15(17)24-10-3-1-9(2-4-10)19-12(21)7-20-8-18-13-11(14(20)22)5-6-23-13/h1-6,8,15H,7H2,(H,19,21). The van der Waals surface area contributed by atoms with Crippen molar-refractivity contribution in [3.63, 3.8) is 0 Å². The van der Waals surface area contributed by atoms with Gasteiger partial charge in [-0.25, -0.2) is 4.98 Å². The van der Waals surface area contributed by atoms with Crippen molar-refractivity contribution < 1.29 is 13.6 Å². The van der Waals surface area contributed by atoms with E-state index in [1.807, 2.05) is 0 Å². The molecule has 0 spiro atoms. The number of fused-ring (bicyclic) bond motifs is 1. The first-order valence-electron chi connectivity index (χ1n) is 6.80. The Kier molecular flexibility index (Phi) is 4.91. The third kappa shape index (κ3) is 3.80. The minimum absolute atomic E-state index is 0.175. The van der Waals surface area contributed by atoms with Crippen LogP contribution in [-0.4, -0.2) is 21.2 Å². The van der Waals surface area contributed by atoms with Gasteiger partial charge in [0.25, 0.3) is 11.3 Å². The third-order valence-corrected chi connectivity index (χ3v) is 4.67. The van der Waals surface area contributed by atoms with Crippen molar-refractivity contribution in [1.29, 1.82) is 0 Å². The Hall–Kier alpha value is -2.26. The molecule has 0 saturated heterocycles. The number of carbonyl (C=O) groups is 1. The highest BCUT2D eigenvalue weighted by molar-refractivity contribution is 7.99. The number of carbonyl (C=O) groups excluding carboxylic acids is 1. The first-order valence-corrected chi connectivity index (χ1v) is 8.56. The second-order valence-corrected chi connectivity index (χ2v) is 6.73. The predicted molar refractivity (Wildman–Crippen MR) is 90.8 cm³/mol. The van der Waals surface area contributed by atoms with Crippen LogP contribution in [0.15, 0.2) is 51.7 Å². The molecule has 5 nitrogen and oxygen atoms in total. The maximum Gasteiger partial charge on any atom is 0.288 e. The Morgan fingerprint density at radius 3 is 2.75 bits per heavy atom. The Labute approximate surface area is 143 Å². The third-order valence-electron chi connectivity index (χ3n) is 3.13. The Morgan fingerprint density at radius 2 is 2.04 bits per heavy atom. The van der Waals surface area contributed by atoms with Gasteiger partial charge >= 0.3 is 0 Å². The first-order chi connectivity index (χ1) is 11.5. The lowest BCUT2D eigenvalue weighted by molar-refractivity contribution is -0.116. The van der Waals surface area contributed by atoms with Crippen LogP contribution in [0.5, 0.6) is 0 Å². The van der Waals surface area contributed by atoms with E-state index in [1.54, 1.807) is 11.4 Å². The van der Waals surface area contributed by atoms with Crippen LogP contribution in [-0.2, 0) is 11.3 Å². The molecule has 2 aromatic heterocycles. The van der Waals surface area contributed by atoms with Gasteiger partial charge in [-0.15, -0.1) is 11.3 Å². The molecule has 0 atom stereocenters. The van der Waals surface area contributed by atoms with Gasteiger partial charge in [-0.05, 0) is 35.7 Å². The number of anilines is 1. The fourth-order valence-corrected chi connectivity index (χ4v) is 3.30. The number of hydrogen-bond acceptors (Lipinski definition) is 5. The summed E-state index contributed by atoms with van der Waals surface area (Å²) < 4.78 is 25.7. The minimum atomic E-state index is -2.49. The summed E-state index contributed by atoms with van der Waals surface area (Å²) in [6, 6.07) is 7.73. The number of thiophene rings is 1. The monoisotopic (exact) mass is 367 g/mol. The van der Waals surface area contributed by atoms with Gasteiger partial charge in [0.2, 0.25) is 5.91 Å². The molecule has 24 heavy (non-hydrogen) atoms. The molecule has 0 radical (unpaired) electrons. The van der Waals surface area contributed by atoms with E-state index < -0.39 is 11.7 Å². The zero-order valence-electron chi connectivity index (χ0n) is 12.1. The molecule has 3 rings (SSSR count). The lowest BCUT2D eigenvalue weighted by Crippen LogP contribution is -2.27. The number of halogens is 2. The number of nitrogens with one attached hydrogen (secondary N) is 1. The molecule has 3 aromatic rings. The average Bonchev–Trinajstić information content (AvgIpc) is 3.01. The first kappa shape index (κ1) is 16.6. The van der Waals surface area contributed by atoms with Gasteiger partial charge in [-0.1, -0.05) is 11.8 Å². The molecule has 0 aliphatic rings. The van der Waals surface area contributed by atoms with Crippen LogP contribution in [0, 0.1) is 0 Å². The predicted octanol–water partition coefficient (Wildman–Crippen LogP) is 3.41. The number of benzene rings is 1. The van der Waals surface area contributed by atoms with Crippen LogP contribution in [0.3, 0.4) is 0 Å². The van der Waals surface area contributed by atoms with E-state index in [1.165, 1.54) is 46.5 Å². The SMILES string of the molecule is O=C(Cn1cnc2sccc2c1=O)Nc1ccc(SC(F)F)cc1. The number of rotatable bonds is 5. The van der Waals surface area contributed by atoms with Crippen molar-refractivity contribution in [2.45, 2.75) is 17.2 Å². The molecule has 0 saturated carbocycles. The average molecular weight is 367 g/mol. The number of amides is 1. The summed E-state index contributed by atoms with van der Waals surface area (Å²) in [6.45, 7) is -0.175. The van der Waals surface area contributed by atoms with E-state index >= 15 is 0 Å². The summed E-state index contributed by atoms with van der Waals surface area (Å²) in [6.07, 6.45) is 1.34. The molecule has 0 unspecified atom stereocenters. The molecule has 1 N–H and O–H groups in total. The van der Waals surface area contributed by atoms with Crippen molar-refractivity contribution in [3.8, 4) is 0 Å². The Balaban J connectivity index is 1.68. The fourth-order valence-electron chi connectivity index (χ4n) is 2.08. The molecular weight excluding hydrogens is 356 g/mol. The van der Waals surface area contributed by atoms with E-state index in [-0.39, 0.29) is 12.1 Å². The lowest BCUT2D eigenvalue weighted by atomic mass is 10.3. The van der Waals surface area contributed by atoms with Crippen LogP contribution in [0.1, 0.15) is 0 Å². The largest absolute Gasteiger partial charge is 0.325 e. The fraction of sp³-hybridized carbons (Fsp3) is 0.133. The van der Waals surface area contributed by atoms with Crippen molar-refractivity contribution >= 4 is 44.9 Å². The van der Waals surface area contributed by atoms with Crippen LogP contribution in [0.25, 0.3) is 10.2 Å². The van der Waals surface area contributed by atoms with Crippen molar-refractivity contribution in [3.05, 3.63) is 52.4 Å². The molecule has 1 amide bonds. The van der Waals surface area contributed by atoms with Crippen molar-refractivity contribution in [2.75, 3.05) is 5.32 Å². The second-order valence-electron chi connectivity index (χ2n) is 4.77. The highest BCUT2D eigenvalue weighted by Gasteiger charge is 2.10. The summed E-state index contributed by atoms with van der Waals surface area (Å²) in [5.41, 5.74) is 0.191. The van der Waals surface area contributed by atoms with Crippen LogP contribution in [0.4, 0.5) is 14.5 Å². The van der Waals surface area contributed by atoms with E-state index in [0.717, 1.165) is 0 Å². The lowest BCUT2D eigenvalue weighted by Gasteiger charge is -2.08. The van der Waals surface area contributed by atoms with Crippen LogP contribution in [0.2, 0.25) is 0 Å². The van der Waals surface area contributed by atoms with Crippen molar-refractivity contribution in [1.82, 2.24) is 9.55 Å².